The van der Waals surface area contributed by atoms with Crippen molar-refractivity contribution in [2.24, 2.45) is 0 Å². The molecule has 0 aliphatic heterocycles. The molecule has 0 saturated heterocycles. The quantitative estimate of drug-likeness (QED) is 0.401. The molecule has 0 bridgehead atoms. The summed E-state index contributed by atoms with van der Waals surface area (Å²) in [6.07, 6.45) is -4.82. The first-order valence-electron chi connectivity index (χ1n) is 4.36. The fourth-order valence-corrected chi connectivity index (χ4v) is 1.18. The van der Waals surface area contributed by atoms with E-state index < -0.39 is 18.5 Å². The maximum Gasteiger partial charge on any atom is 0.453 e. The molecule has 14 heavy (non-hydrogen) atoms. The van der Waals surface area contributed by atoms with Crippen LogP contribution < -0.4 is 0 Å². The summed E-state index contributed by atoms with van der Waals surface area (Å²) in [5.41, 5.74) is 0. The van der Waals surface area contributed by atoms with Crippen molar-refractivity contribution in [2.75, 3.05) is 5.75 Å². The van der Waals surface area contributed by atoms with E-state index in [0.29, 0.717) is 18.6 Å². The van der Waals surface area contributed by atoms with Crippen molar-refractivity contribution in [3.05, 3.63) is 0 Å². The van der Waals surface area contributed by atoms with E-state index in [-0.39, 0.29) is 6.42 Å². The van der Waals surface area contributed by atoms with Gasteiger partial charge in [0.2, 0.25) is 0 Å². The van der Waals surface area contributed by atoms with Crippen LogP contribution in [0.25, 0.3) is 0 Å². The van der Waals surface area contributed by atoms with Crippen molar-refractivity contribution >= 4 is 12.6 Å². The largest absolute Gasteiger partial charge is 0.453 e. The number of alkyl halides is 5. The summed E-state index contributed by atoms with van der Waals surface area (Å²) in [5, 5.41) is 0. The molecule has 0 saturated carbocycles. The van der Waals surface area contributed by atoms with Crippen LogP contribution in [0.1, 0.15) is 32.1 Å². The molecule has 0 N–H and O–H groups in total. The Morgan fingerprint density at radius 3 is 1.71 bits per heavy atom. The average Bonchev–Trinajstić information content (AvgIpc) is 2.02. The lowest BCUT2D eigenvalue weighted by Gasteiger charge is -2.19. The van der Waals surface area contributed by atoms with Crippen LogP contribution >= 0.6 is 12.6 Å². The van der Waals surface area contributed by atoms with Crippen molar-refractivity contribution in [1.29, 1.82) is 0 Å². The van der Waals surface area contributed by atoms with Crippen molar-refractivity contribution in [2.45, 2.75) is 44.2 Å². The van der Waals surface area contributed by atoms with Gasteiger partial charge >= 0.3 is 12.1 Å². The van der Waals surface area contributed by atoms with Crippen LogP contribution in [0.3, 0.4) is 0 Å². The lowest BCUT2D eigenvalue weighted by Crippen LogP contribution is -2.36. The van der Waals surface area contributed by atoms with E-state index in [4.69, 9.17) is 0 Å². The summed E-state index contributed by atoms with van der Waals surface area (Å²) in [7, 11) is 0. The third-order valence-electron chi connectivity index (χ3n) is 1.81. The van der Waals surface area contributed by atoms with Gasteiger partial charge in [-0.05, 0) is 18.6 Å². The molecule has 0 aromatic carbocycles. The molecule has 0 spiro atoms. The Hall–Kier alpha value is -0.0000000000000000555. The van der Waals surface area contributed by atoms with Crippen LogP contribution in [0.2, 0.25) is 0 Å². The highest BCUT2D eigenvalue weighted by Gasteiger charge is 2.56. The van der Waals surface area contributed by atoms with Gasteiger partial charge in [-0.1, -0.05) is 12.8 Å². The summed E-state index contributed by atoms with van der Waals surface area (Å²) in [6, 6.07) is 0. The summed E-state index contributed by atoms with van der Waals surface area (Å²) >= 11 is 3.90. The summed E-state index contributed by atoms with van der Waals surface area (Å²) < 4.78 is 59.5. The van der Waals surface area contributed by atoms with E-state index in [1.54, 1.807) is 0 Å². The van der Waals surface area contributed by atoms with E-state index in [9.17, 15) is 22.0 Å². The minimum Gasteiger partial charge on any atom is -0.196 e. The minimum absolute atomic E-state index is 0.0969. The molecule has 0 aromatic rings. The molecule has 0 unspecified atom stereocenters. The Labute approximate surface area is 85.3 Å². The molecule has 0 rings (SSSR count). The highest BCUT2D eigenvalue weighted by atomic mass is 32.1. The molecule has 0 aliphatic carbocycles. The van der Waals surface area contributed by atoms with E-state index in [0.717, 1.165) is 6.42 Å². The lowest BCUT2D eigenvalue weighted by atomic mass is 10.1. The third-order valence-corrected chi connectivity index (χ3v) is 2.13. The van der Waals surface area contributed by atoms with Gasteiger partial charge in [-0.15, -0.1) is 0 Å². The van der Waals surface area contributed by atoms with Gasteiger partial charge in [0.1, 0.15) is 0 Å². The first kappa shape index (κ1) is 14.0. The Bertz CT molecular complexity index is 154. The fraction of sp³-hybridized carbons (Fsp3) is 1.00. The van der Waals surface area contributed by atoms with Gasteiger partial charge in [0.25, 0.3) is 0 Å². The maximum absolute atomic E-state index is 12.3. The van der Waals surface area contributed by atoms with Crippen LogP contribution in [-0.2, 0) is 0 Å². The van der Waals surface area contributed by atoms with Gasteiger partial charge in [0.05, 0.1) is 0 Å². The van der Waals surface area contributed by atoms with Crippen LogP contribution in [0, 0.1) is 0 Å². The third kappa shape index (κ3) is 5.02. The second-order valence-corrected chi connectivity index (χ2v) is 3.54. The van der Waals surface area contributed by atoms with Crippen LogP contribution in [-0.4, -0.2) is 17.9 Å². The summed E-state index contributed by atoms with van der Waals surface area (Å²) in [4.78, 5) is 0. The topological polar surface area (TPSA) is 0 Å². The molecule has 0 aromatic heterocycles. The normalized spacial score (nSPS) is 13.3. The smallest absolute Gasteiger partial charge is 0.196 e. The predicted molar refractivity (Wildman–Crippen MR) is 47.9 cm³/mol. The van der Waals surface area contributed by atoms with Gasteiger partial charge < -0.3 is 0 Å². The zero-order valence-corrected chi connectivity index (χ0v) is 8.47. The number of halogens is 5. The highest BCUT2D eigenvalue weighted by Crippen LogP contribution is 2.39. The second-order valence-electron chi connectivity index (χ2n) is 3.09. The number of hydrogen-bond acceptors (Lipinski definition) is 1. The molecule has 0 aliphatic rings. The molecular weight excluding hydrogens is 223 g/mol. The summed E-state index contributed by atoms with van der Waals surface area (Å²) in [6.45, 7) is 0. The van der Waals surface area contributed by atoms with Gasteiger partial charge in [0.15, 0.2) is 0 Å². The van der Waals surface area contributed by atoms with Crippen LogP contribution in [0.15, 0.2) is 0 Å². The van der Waals surface area contributed by atoms with E-state index >= 15 is 0 Å². The lowest BCUT2D eigenvalue weighted by molar-refractivity contribution is -0.284. The van der Waals surface area contributed by atoms with Gasteiger partial charge in [0, 0.05) is 6.42 Å². The monoisotopic (exact) mass is 236 g/mol. The molecule has 0 amide bonds. The zero-order valence-electron chi connectivity index (χ0n) is 7.58. The molecule has 0 radical (unpaired) electrons. The Kier molecular flexibility index (Phi) is 5.78. The number of unbranched alkanes of at least 4 members (excludes halogenated alkanes) is 3. The number of hydrogen-bond donors (Lipinski definition) is 1. The van der Waals surface area contributed by atoms with Gasteiger partial charge in [-0.2, -0.15) is 34.6 Å². The Morgan fingerprint density at radius 2 is 1.29 bits per heavy atom. The Morgan fingerprint density at radius 1 is 0.786 bits per heavy atom. The fourth-order valence-electron chi connectivity index (χ4n) is 0.954. The molecule has 0 nitrogen and oxygen atoms in total. The molecular formula is C8H13F5S. The summed E-state index contributed by atoms with van der Waals surface area (Å²) in [5.74, 6) is -3.90. The van der Waals surface area contributed by atoms with Gasteiger partial charge in [-0.25, -0.2) is 0 Å². The number of rotatable bonds is 6. The van der Waals surface area contributed by atoms with Crippen molar-refractivity contribution in [3.8, 4) is 0 Å². The minimum atomic E-state index is -5.41. The first-order valence-corrected chi connectivity index (χ1v) is 5.00. The second kappa shape index (κ2) is 5.78. The standard InChI is InChI=1S/C8H13F5S/c9-7(10,8(11,12)13)5-3-1-2-4-6-14/h14H,1-6H2. The molecule has 6 heteroatoms. The predicted octanol–water partition coefficient (Wildman–Crippen LogP) is 4.06. The van der Waals surface area contributed by atoms with Crippen molar-refractivity contribution in [3.63, 3.8) is 0 Å². The van der Waals surface area contributed by atoms with E-state index in [1.807, 2.05) is 0 Å². The molecule has 86 valence electrons. The van der Waals surface area contributed by atoms with Crippen LogP contribution in [0.4, 0.5) is 22.0 Å². The highest BCUT2D eigenvalue weighted by molar-refractivity contribution is 7.80. The van der Waals surface area contributed by atoms with Crippen molar-refractivity contribution < 1.29 is 22.0 Å². The zero-order chi connectivity index (χ0) is 11.2. The Balaban J connectivity index is 3.67. The first-order chi connectivity index (χ1) is 6.31. The van der Waals surface area contributed by atoms with E-state index in [2.05, 4.69) is 12.6 Å². The van der Waals surface area contributed by atoms with Gasteiger partial charge in [-0.3, -0.25) is 0 Å². The SMILES string of the molecule is FC(F)(F)C(F)(F)CCCCCCS. The average molecular weight is 236 g/mol. The van der Waals surface area contributed by atoms with E-state index in [1.165, 1.54) is 0 Å². The maximum atomic E-state index is 12.3. The van der Waals surface area contributed by atoms with Crippen molar-refractivity contribution in [1.82, 2.24) is 0 Å². The molecule has 0 heterocycles. The molecule has 0 atom stereocenters. The number of thiol groups is 1. The van der Waals surface area contributed by atoms with Crippen LogP contribution in [0.5, 0.6) is 0 Å². The molecule has 0 fully saturated rings.